The van der Waals surface area contributed by atoms with Crippen molar-refractivity contribution in [2.45, 2.75) is 25.7 Å². The Morgan fingerprint density at radius 3 is 2.64 bits per heavy atom. The first-order valence-electron chi connectivity index (χ1n) is 8.06. The minimum atomic E-state index is -0.269. The van der Waals surface area contributed by atoms with Gasteiger partial charge in [0.25, 0.3) is 0 Å². The molecule has 0 saturated heterocycles. The summed E-state index contributed by atoms with van der Waals surface area (Å²) in [6.07, 6.45) is 3.54. The van der Waals surface area contributed by atoms with Gasteiger partial charge in [-0.05, 0) is 41.5 Å². The molecule has 5 nitrogen and oxygen atoms in total. The number of rotatable bonds is 3. The number of benzene rings is 2. The number of fused-ring (bicyclic) bond motifs is 1. The van der Waals surface area contributed by atoms with E-state index in [9.17, 15) is 14.7 Å². The highest BCUT2D eigenvalue weighted by atomic mass is 16.3. The Bertz CT molecular complexity index is 852. The fourth-order valence-electron chi connectivity index (χ4n) is 2.95. The van der Waals surface area contributed by atoms with Crippen molar-refractivity contribution in [3.8, 4) is 5.75 Å². The van der Waals surface area contributed by atoms with Crippen molar-refractivity contribution in [2.75, 3.05) is 10.6 Å². The SMILES string of the molecule is CC1(C)CC(=O)Nc2cc(NC(=O)C=Cc3ccc(O)cc3)ccc21. The van der Waals surface area contributed by atoms with Gasteiger partial charge in [0.1, 0.15) is 5.75 Å². The van der Waals surface area contributed by atoms with Gasteiger partial charge in [-0.25, -0.2) is 0 Å². The molecular formula is C20H20N2O3. The van der Waals surface area contributed by atoms with Gasteiger partial charge in [0, 0.05) is 29.3 Å². The fraction of sp³-hybridized carbons (Fsp3) is 0.200. The third-order valence-corrected chi connectivity index (χ3v) is 4.21. The molecule has 0 aliphatic carbocycles. The molecule has 3 rings (SSSR count). The van der Waals surface area contributed by atoms with E-state index >= 15 is 0 Å². The van der Waals surface area contributed by atoms with Gasteiger partial charge >= 0.3 is 0 Å². The van der Waals surface area contributed by atoms with Crippen molar-refractivity contribution in [2.24, 2.45) is 0 Å². The van der Waals surface area contributed by atoms with Crippen LogP contribution in [-0.2, 0) is 15.0 Å². The molecular weight excluding hydrogens is 316 g/mol. The molecule has 0 unspecified atom stereocenters. The molecule has 0 atom stereocenters. The minimum Gasteiger partial charge on any atom is -0.508 e. The Morgan fingerprint density at radius 1 is 1.20 bits per heavy atom. The molecule has 25 heavy (non-hydrogen) atoms. The van der Waals surface area contributed by atoms with Crippen LogP contribution in [0.1, 0.15) is 31.4 Å². The number of carbonyl (C=O) groups excluding carboxylic acids is 2. The second-order valence-corrected chi connectivity index (χ2v) is 6.78. The zero-order valence-electron chi connectivity index (χ0n) is 14.2. The van der Waals surface area contributed by atoms with Gasteiger partial charge in [-0.2, -0.15) is 0 Å². The highest BCUT2D eigenvalue weighted by molar-refractivity contribution is 6.03. The lowest BCUT2D eigenvalue weighted by Crippen LogP contribution is -2.32. The Morgan fingerprint density at radius 2 is 1.92 bits per heavy atom. The maximum Gasteiger partial charge on any atom is 0.248 e. The van der Waals surface area contributed by atoms with Crippen molar-refractivity contribution in [3.63, 3.8) is 0 Å². The Balaban J connectivity index is 1.73. The molecule has 0 aromatic heterocycles. The second-order valence-electron chi connectivity index (χ2n) is 6.78. The van der Waals surface area contributed by atoms with Gasteiger partial charge in [-0.3, -0.25) is 9.59 Å². The third kappa shape index (κ3) is 3.88. The molecule has 0 saturated carbocycles. The molecule has 2 aromatic rings. The average molecular weight is 336 g/mol. The zero-order valence-corrected chi connectivity index (χ0v) is 14.2. The van der Waals surface area contributed by atoms with Gasteiger partial charge in [-0.15, -0.1) is 0 Å². The topological polar surface area (TPSA) is 78.4 Å². The van der Waals surface area contributed by atoms with Gasteiger partial charge in [0.15, 0.2) is 0 Å². The molecule has 1 aliphatic heterocycles. The number of anilines is 2. The predicted octanol–water partition coefficient (Wildman–Crippen LogP) is 3.66. The zero-order chi connectivity index (χ0) is 18.0. The number of carbonyl (C=O) groups is 2. The smallest absolute Gasteiger partial charge is 0.248 e. The van der Waals surface area contributed by atoms with Crippen LogP contribution < -0.4 is 10.6 Å². The normalized spacial score (nSPS) is 15.5. The number of aromatic hydroxyl groups is 1. The number of nitrogens with one attached hydrogen (secondary N) is 2. The first-order chi connectivity index (χ1) is 11.8. The fourth-order valence-corrected chi connectivity index (χ4v) is 2.95. The lowest BCUT2D eigenvalue weighted by Gasteiger charge is -2.32. The molecule has 0 fully saturated rings. The van der Waals surface area contributed by atoms with Crippen molar-refractivity contribution < 1.29 is 14.7 Å². The summed E-state index contributed by atoms with van der Waals surface area (Å²) in [6.45, 7) is 4.06. The Kier molecular flexibility index (Phi) is 4.31. The first kappa shape index (κ1) is 16.8. The van der Waals surface area contributed by atoms with E-state index in [0.717, 1.165) is 16.8 Å². The van der Waals surface area contributed by atoms with Crippen molar-refractivity contribution in [1.82, 2.24) is 0 Å². The molecule has 128 valence electrons. The summed E-state index contributed by atoms with van der Waals surface area (Å²) in [5.74, 6) is -0.108. The van der Waals surface area contributed by atoms with Crippen LogP contribution in [0.3, 0.4) is 0 Å². The predicted molar refractivity (Wildman–Crippen MR) is 98.5 cm³/mol. The van der Waals surface area contributed by atoms with Gasteiger partial charge in [-0.1, -0.05) is 32.0 Å². The van der Waals surface area contributed by atoms with Gasteiger partial charge in [0.2, 0.25) is 11.8 Å². The summed E-state index contributed by atoms with van der Waals surface area (Å²) in [5.41, 5.74) is 3.01. The number of amides is 2. The minimum absolute atomic E-state index is 0.0202. The monoisotopic (exact) mass is 336 g/mol. The van der Waals surface area contributed by atoms with Crippen LogP contribution in [0, 0.1) is 0 Å². The maximum absolute atomic E-state index is 12.1. The number of hydrogen-bond donors (Lipinski definition) is 3. The van der Waals surface area contributed by atoms with E-state index in [1.165, 1.54) is 6.08 Å². The van der Waals surface area contributed by atoms with Crippen molar-refractivity contribution >= 4 is 29.3 Å². The van der Waals surface area contributed by atoms with Gasteiger partial charge < -0.3 is 15.7 Å². The Hall–Kier alpha value is -3.08. The molecule has 1 aliphatic rings. The van der Waals surface area contributed by atoms with E-state index in [1.54, 1.807) is 36.4 Å². The summed E-state index contributed by atoms with van der Waals surface area (Å²) >= 11 is 0. The average Bonchev–Trinajstić information content (AvgIpc) is 2.53. The molecule has 2 amide bonds. The van der Waals surface area contributed by atoms with Gasteiger partial charge in [0.05, 0.1) is 0 Å². The van der Waals surface area contributed by atoms with E-state index in [-0.39, 0.29) is 23.0 Å². The van der Waals surface area contributed by atoms with Crippen molar-refractivity contribution in [1.29, 1.82) is 0 Å². The number of phenols is 1. The van der Waals surface area contributed by atoms with E-state index < -0.39 is 0 Å². The molecule has 0 bridgehead atoms. The molecule has 5 heteroatoms. The molecule has 0 spiro atoms. The number of hydrogen-bond acceptors (Lipinski definition) is 3. The lowest BCUT2D eigenvalue weighted by molar-refractivity contribution is -0.117. The maximum atomic E-state index is 12.1. The highest BCUT2D eigenvalue weighted by Gasteiger charge is 2.31. The number of phenolic OH excluding ortho intramolecular Hbond substituents is 1. The van der Waals surface area contributed by atoms with E-state index in [2.05, 4.69) is 10.6 Å². The summed E-state index contributed by atoms with van der Waals surface area (Å²) in [7, 11) is 0. The summed E-state index contributed by atoms with van der Waals surface area (Å²) in [4.78, 5) is 23.9. The molecule has 0 radical (unpaired) electrons. The Labute approximate surface area is 146 Å². The van der Waals surface area contributed by atoms with Crippen molar-refractivity contribution in [3.05, 3.63) is 59.7 Å². The summed E-state index contributed by atoms with van der Waals surface area (Å²) < 4.78 is 0. The van der Waals surface area contributed by atoms with E-state index in [0.29, 0.717) is 12.1 Å². The molecule has 3 N–H and O–H groups in total. The van der Waals surface area contributed by atoms with E-state index in [4.69, 9.17) is 0 Å². The largest absolute Gasteiger partial charge is 0.508 e. The second kappa shape index (κ2) is 6.43. The van der Waals surface area contributed by atoms with Crippen LogP contribution in [-0.4, -0.2) is 16.9 Å². The van der Waals surface area contributed by atoms with Crippen LogP contribution >= 0.6 is 0 Å². The molecule has 2 aromatic carbocycles. The summed E-state index contributed by atoms with van der Waals surface area (Å²) in [5, 5.41) is 14.9. The highest BCUT2D eigenvalue weighted by Crippen LogP contribution is 2.38. The standard InChI is InChI=1S/C20H20N2O3/c1-20(2)12-19(25)22-17-11-14(6-9-16(17)20)21-18(24)10-5-13-3-7-15(23)8-4-13/h3-11,23H,12H2,1-2H3,(H,21,24)(H,22,25). The third-order valence-electron chi connectivity index (χ3n) is 4.21. The first-order valence-corrected chi connectivity index (χ1v) is 8.06. The van der Waals surface area contributed by atoms with Crippen LogP contribution in [0.4, 0.5) is 11.4 Å². The van der Waals surface area contributed by atoms with Crippen LogP contribution in [0.5, 0.6) is 5.75 Å². The molecule has 1 heterocycles. The van der Waals surface area contributed by atoms with E-state index in [1.807, 2.05) is 26.0 Å². The van der Waals surface area contributed by atoms with Crippen LogP contribution in [0.2, 0.25) is 0 Å². The van der Waals surface area contributed by atoms with Crippen LogP contribution in [0.25, 0.3) is 6.08 Å². The quantitative estimate of drug-likeness (QED) is 0.749. The lowest BCUT2D eigenvalue weighted by atomic mass is 9.78. The summed E-state index contributed by atoms with van der Waals surface area (Å²) in [6, 6.07) is 12.1. The van der Waals surface area contributed by atoms with Crippen LogP contribution in [0.15, 0.2) is 48.5 Å².